The molecule has 5 nitrogen and oxygen atoms in total. The van der Waals surface area contributed by atoms with Crippen LogP contribution < -0.4 is 9.80 Å². The van der Waals surface area contributed by atoms with Crippen LogP contribution in [0.2, 0.25) is 0 Å². The molecule has 2 aliphatic heterocycles. The van der Waals surface area contributed by atoms with Gasteiger partial charge in [-0.2, -0.15) is 0 Å². The average molecular weight is 391 g/mol. The molecule has 150 valence electrons. The van der Waals surface area contributed by atoms with Crippen LogP contribution in [-0.4, -0.2) is 55.1 Å². The van der Waals surface area contributed by atoms with Crippen molar-refractivity contribution < 1.29 is 14.6 Å². The van der Waals surface area contributed by atoms with Crippen LogP contribution in [0.3, 0.4) is 0 Å². The first-order chi connectivity index (χ1) is 14.3. The van der Waals surface area contributed by atoms with E-state index in [4.69, 9.17) is 0 Å². The normalized spacial score (nSPS) is 21.9. The number of aromatic amines is 1. The number of fused-ring (bicyclic) bond motifs is 3. The zero-order valence-electron chi connectivity index (χ0n) is 16.9. The fourth-order valence-electron chi connectivity index (χ4n) is 4.90. The van der Waals surface area contributed by atoms with E-state index in [1.54, 1.807) is 4.90 Å². The van der Waals surface area contributed by atoms with Crippen LogP contribution >= 0.6 is 0 Å². The number of carbonyl (C=O) groups excluding carboxylic acids is 1. The van der Waals surface area contributed by atoms with E-state index in [1.807, 2.05) is 0 Å². The van der Waals surface area contributed by atoms with Gasteiger partial charge in [0.1, 0.15) is 32.7 Å². The SMILES string of the molecule is O=C(C[NH+]1CC[NH+](Cc2ccccc2)CC1)N1CCc2[nH]c3ccccc3c2C1. The second-order valence-corrected chi connectivity index (χ2v) is 8.53. The predicted molar refractivity (Wildman–Crippen MR) is 114 cm³/mol. The van der Waals surface area contributed by atoms with Crippen LogP contribution in [0.15, 0.2) is 54.6 Å². The van der Waals surface area contributed by atoms with Crippen LogP contribution in [0.4, 0.5) is 0 Å². The molecular formula is C24H30N4O+2. The maximum atomic E-state index is 13.0. The van der Waals surface area contributed by atoms with Crippen molar-refractivity contribution in [2.24, 2.45) is 0 Å². The Hall–Kier alpha value is -2.63. The molecule has 0 aliphatic carbocycles. The number of rotatable bonds is 4. The molecule has 3 aromatic rings. The number of para-hydroxylation sites is 1. The minimum absolute atomic E-state index is 0.308. The lowest BCUT2D eigenvalue weighted by Gasteiger charge is -2.32. The van der Waals surface area contributed by atoms with E-state index in [0.29, 0.717) is 12.5 Å². The summed E-state index contributed by atoms with van der Waals surface area (Å²) in [4.78, 5) is 21.7. The number of carbonyl (C=O) groups is 1. The molecule has 2 aromatic carbocycles. The first-order valence-electron chi connectivity index (χ1n) is 10.8. The number of piperazine rings is 1. The number of aromatic nitrogens is 1. The zero-order chi connectivity index (χ0) is 19.6. The highest BCUT2D eigenvalue weighted by Gasteiger charge is 2.29. The first-order valence-corrected chi connectivity index (χ1v) is 10.8. The van der Waals surface area contributed by atoms with E-state index >= 15 is 0 Å². The standard InChI is InChI=1S/C24H28N4O/c29-24(18-27-14-12-26(13-15-27)16-19-6-2-1-3-7-19)28-11-10-23-21(17-28)20-8-4-5-9-22(20)25-23/h1-9,25H,10-18H2/p+2. The van der Waals surface area contributed by atoms with Gasteiger partial charge in [0, 0.05) is 47.2 Å². The Bertz CT molecular complexity index is 989. The molecule has 1 amide bonds. The van der Waals surface area contributed by atoms with Crippen molar-refractivity contribution in [3.63, 3.8) is 0 Å². The largest absolute Gasteiger partial charge is 0.358 e. The number of H-pyrrole nitrogens is 1. The Morgan fingerprint density at radius 2 is 1.66 bits per heavy atom. The number of nitrogens with one attached hydrogen (secondary N) is 3. The van der Waals surface area contributed by atoms with Gasteiger partial charge in [-0.3, -0.25) is 4.79 Å². The summed E-state index contributed by atoms with van der Waals surface area (Å²) in [6.45, 7) is 7.76. The summed E-state index contributed by atoms with van der Waals surface area (Å²) in [6.07, 6.45) is 0.931. The third kappa shape index (κ3) is 3.93. The molecule has 0 unspecified atom stereocenters. The van der Waals surface area contributed by atoms with Gasteiger partial charge in [-0.15, -0.1) is 0 Å². The van der Waals surface area contributed by atoms with Crippen molar-refractivity contribution in [3.05, 3.63) is 71.4 Å². The monoisotopic (exact) mass is 390 g/mol. The molecule has 0 bridgehead atoms. The van der Waals surface area contributed by atoms with Gasteiger partial charge < -0.3 is 19.7 Å². The van der Waals surface area contributed by atoms with Crippen LogP contribution in [0.1, 0.15) is 16.8 Å². The molecule has 0 spiro atoms. The molecule has 5 heteroatoms. The summed E-state index contributed by atoms with van der Waals surface area (Å²) < 4.78 is 0. The zero-order valence-corrected chi connectivity index (χ0v) is 16.9. The summed E-state index contributed by atoms with van der Waals surface area (Å²) in [5.41, 5.74) is 5.22. The van der Waals surface area contributed by atoms with Crippen molar-refractivity contribution >= 4 is 16.8 Å². The van der Waals surface area contributed by atoms with Crippen molar-refractivity contribution in [2.75, 3.05) is 39.3 Å². The second-order valence-electron chi connectivity index (χ2n) is 8.53. The lowest BCUT2D eigenvalue weighted by molar-refractivity contribution is -1.02. The lowest BCUT2D eigenvalue weighted by atomic mass is 10.0. The van der Waals surface area contributed by atoms with E-state index in [0.717, 1.165) is 52.2 Å². The van der Waals surface area contributed by atoms with Gasteiger partial charge in [0.2, 0.25) is 0 Å². The van der Waals surface area contributed by atoms with Gasteiger partial charge in [-0.1, -0.05) is 48.5 Å². The minimum atomic E-state index is 0.308. The average Bonchev–Trinajstić information content (AvgIpc) is 3.14. The highest BCUT2D eigenvalue weighted by atomic mass is 16.2. The number of benzene rings is 2. The third-order valence-corrected chi connectivity index (χ3v) is 6.60. The Balaban J connectivity index is 1.16. The summed E-state index contributed by atoms with van der Waals surface area (Å²) >= 11 is 0. The summed E-state index contributed by atoms with van der Waals surface area (Å²) in [5, 5.41) is 1.27. The lowest BCUT2D eigenvalue weighted by Crippen LogP contribution is -3.28. The molecule has 3 heterocycles. The minimum Gasteiger partial charge on any atom is -0.358 e. The maximum Gasteiger partial charge on any atom is 0.278 e. The third-order valence-electron chi connectivity index (χ3n) is 6.60. The van der Waals surface area contributed by atoms with Gasteiger partial charge in [0.05, 0.1) is 0 Å². The molecule has 1 fully saturated rings. The molecule has 0 radical (unpaired) electrons. The topological polar surface area (TPSA) is 45.0 Å². The molecule has 3 N–H and O–H groups in total. The van der Waals surface area contributed by atoms with Gasteiger partial charge in [0.25, 0.3) is 5.91 Å². The summed E-state index contributed by atoms with van der Waals surface area (Å²) in [6, 6.07) is 19.2. The number of hydrogen-bond acceptors (Lipinski definition) is 1. The van der Waals surface area contributed by atoms with Crippen molar-refractivity contribution in [3.8, 4) is 0 Å². The summed E-state index contributed by atoms with van der Waals surface area (Å²) in [5.74, 6) is 0.308. The second kappa shape index (κ2) is 8.01. The Morgan fingerprint density at radius 1 is 0.931 bits per heavy atom. The van der Waals surface area contributed by atoms with E-state index in [9.17, 15) is 4.79 Å². The maximum absolute atomic E-state index is 13.0. The Labute approximate surface area is 171 Å². The molecule has 1 saturated heterocycles. The Morgan fingerprint density at radius 3 is 2.48 bits per heavy atom. The summed E-state index contributed by atoms with van der Waals surface area (Å²) in [7, 11) is 0. The van der Waals surface area contributed by atoms with Crippen LogP contribution in [-0.2, 0) is 24.3 Å². The van der Waals surface area contributed by atoms with Crippen LogP contribution in [0, 0.1) is 0 Å². The number of nitrogens with zero attached hydrogens (tertiary/aromatic N) is 1. The van der Waals surface area contributed by atoms with Crippen molar-refractivity contribution in [1.82, 2.24) is 9.88 Å². The molecule has 2 aliphatic rings. The van der Waals surface area contributed by atoms with Crippen LogP contribution in [0.5, 0.6) is 0 Å². The van der Waals surface area contributed by atoms with E-state index in [2.05, 4.69) is 64.5 Å². The van der Waals surface area contributed by atoms with Crippen molar-refractivity contribution in [2.45, 2.75) is 19.5 Å². The van der Waals surface area contributed by atoms with Gasteiger partial charge >= 0.3 is 0 Å². The van der Waals surface area contributed by atoms with E-state index in [1.165, 1.54) is 32.6 Å². The number of quaternary nitrogens is 2. The molecular weight excluding hydrogens is 360 g/mol. The molecule has 1 aromatic heterocycles. The predicted octanol–water partition coefficient (Wildman–Crippen LogP) is 0.0362. The smallest absolute Gasteiger partial charge is 0.278 e. The highest BCUT2D eigenvalue weighted by molar-refractivity contribution is 5.86. The highest BCUT2D eigenvalue weighted by Crippen LogP contribution is 2.27. The van der Waals surface area contributed by atoms with E-state index < -0.39 is 0 Å². The molecule has 0 saturated carbocycles. The van der Waals surface area contributed by atoms with Crippen molar-refractivity contribution in [1.29, 1.82) is 0 Å². The van der Waals surface area contributed by atoms with Crippen LogP contribution in [0.25, 0.3) is 10.9 Å². The number of amides is 1. The van der Waals surface area contributed by atoms with Gasteiger partial charge in [-0.05, 0) is 6.07 Å². The van der Waals surface area contributed by atoms with E-state index in [-0.39, 0.29) is 0 Å². The first kappa shape index (κ1) is 18.4. The number of hydrogen-bond donors (Lipinski definition) is 3. The fraction of sp³-hybridized carbons (Fsp3) is 0.375. The quantitative estimate of drug-likeness (QED) is 0.579. The van der Waals surface area contributed by atoms with Gasteiger partial charge in [0.15, 0.2) is 6.54 Å². The van der Waals surface area contributed by atoms with Gasteiger partial charge in [-0.25, -0.2) is 0 Å². The fourth-order valence-corrected chi connectivity index (χ4v) is 4.90. The Kier molecular flexibility index (Phi) is 5.08. The molecule has 5 rings (SSSR count). The molecule has 29 heavy (non-hydrogen) atoms. The molecule has 0 atom stereocenters.